The lowest BCUT2D eigenvalue weighted by molar-refractivity contribution is -0.0462. The van der Waals surface area contributed by atoms with Gasteiger partial charge in [-0.3, -0.25) is 4.90 Å². The van der Waals surface area contributed by atoms with Crippen molar-refractivity contribution in [2.45, 2.75) is 38.3 Å². The molecule has 1 N–H and O–H groups in total. The quantitative estimate of drug-likeness (QED) is 0.799. The molecule has 4 nitrogen and oxygen atoms in total. The maximum absolute atomic E-state index is 5.74. The van der Waals surface area contributed by atoms with E-state index in [4.69, 9.17) is 9.47 Å². The number of nitrogens with zero attached hydrogens (tertiary/aromatic N) is 1. The first kappa shape index (κ1) is 14.3. The molecule has 2 rings (SSSR count). The Bertz CT molecular complexity index is 254. The maximum Gasteiger partial charge on any atom is 0.106 e. The van der Waals surface area contributed by atoms with Gasteiger partial charge in [0.25, 0.3) is 0 Å². The van der Waals surface area contributed by atoms with Crippen molar-refractivity contribution in [2.75, 3.05) is 46.5 Å². The fourth-order valence-electron chi connectivity index (χ4n) is 3.00. The van der Waals surface area contributed by atoms with E-state index in [9.17, 15) is 0 Å². The molecule has 3 atom stereocenters. The number of ether oxygens (including phenoxy) is 2. The number of piperazine rings is 1. The molecule has 0 saturated carbocycles. The molecule has 2 fully saturated rings. The molecule has 18 heavy (non-hydrogen) atoms. The topological polar surface area (TPSA) is 33.7 Å². The second kappa shape index (κ2) is 6.33. The molecule has 0 aliphatic carbocycles. The van der Waals surface area contributed by atoms with Crippen LogP contribution in [0.25, 0.3) is 0 Å². The molecule has 0 aromatic rings. The zero-order valence-electron chi connectivity index (χ0n) is 12.1. The summed E-state index contributed by atoms with van der Waals surface area (Å²) in [5.74, 6) is 0.742. The molecule has 0 amide bonds. The van der Waals surface area contributed by atoms with Crippen LogP contribution >= 0.6 is 0 Å². The minimum absolute atomic E-state index is 0.0582. The van der Waals surface area contributed by atoms with Crippen LogP contribution in [0.3, 0.4) is 0 Å². The van der Waals surface area contributed by atoms with E-state index in [0.29, 0.717) is 6.04 Å². The highest BCUT2D eigenvalue weighted by Gasteiger charge is 2.38. The summed E-state index contributed by atoms with van der Waals surface area (Å²) in [4.78, 5) is 2.55. The molecule has 2 saturated heterocycles. The monoisotopic (exact) mass is 256 g/mol. The zero-order chi connectivity index (χ0) is 13.0. The van der Waals surface area contributed by atoms with E-state index in [-0.39, 0.29) is 5.60 Å². The van der Waals surface area contributed by atoms with Crippen LogP contribution in [-0.2, 0) is 9.47 Å². The largest absolute Gasteiger partial charge is 0.378 e. The SMILES string of the molecule is CCC(C)C1CN(CC2(OC)CCOC2)CCN1. The third-order valence-corrected chi connectivity index (χ3v) is 4.63. The van der Waals surface area contributed by atoms with Crippen molar-refractivity contribution in [3.63, 3.8) is 0 Å². The smallest absolute Gasteiger partial charge is 0.106 e. The molecule has 0 aromatic heterocycles. The van der Waals surface area contributed by atoms with Gasteiger partial charge in [0.15, 0.2) is 0 Å². The van der Waals surface area contributed by atoms with Crippen molar-refractivity contribution in [1.82, 2.24) is 10.2 Å². The van der Waals surface area contributed by atoms with Crippen molar-refractivity contribution in [3.8, 4) is 0 Å². The molecule has 4 heteroatoms. The number of nitrogens with one attached hydrogen (secondary N) is 1. The van der Waals surface area contributed by atoms with Crippen LogP contribution in [-0.4, -0.2) is 63.0 Å². The highest BCUT2D eigenvalue weighted by molar-refractivity contribution is 4.91. The van der Waals surface area contributed by atoms with Gasteiger partial charge in [-0.2, -0.15) is 0 Å². The summed E-state index contributed by atoms with van der Waals surface area (Å²) < 4.78 is 11.3. The van der Waals surface area contributed by atoms with Gasteiger partial charge >= 0.3 is 0 Å². The predicted octanol–water partition coefficient (Wildman–Crippen LogP) is 1.11. The van der Waals surface area contributed by atoms with Crippen LogP contribution in [0.5, 0.6) is 0 Å². The highest BCUT2D eigenvalue weighted by atomic mass is 16.5. The van der Waals surface area contributed by atoms with E-state index in [1.165, 1.54) is 6.42 Å². The van der Waals surface area contributed by atoms with Gasteiger partial charge in [-0.1, -0.05) is 20.3 Å². The Morgan fingerprint density at radius 3 is 3.00 bits per heavy atom. The standard InChI is InChI=1S/C14H28N2O2/c1-4-12(2)13-9-16(7-6-15-13)10-14(17-3)5-8-18-11-14/h12-13,15H,4-11H2,1-3H3. The van der Waals surface area contributed by atoms with Gasteiger partial charge < -0.3 is 14.8 Å². The van der Waals surface area contributed by atoms with Crippen molar-refractivity contribution >= 4 is 0 Å². The Balaban J connectivity index is 1.88. The minimum atomic E-state index is -0.0582. The van der Waals surface area contributed by atoms with Crippen LogP contribution in [0.2, 0.25) is 0 Å². The number of hydrogen-bond donors (Lipinski definition) is 1. The lowest BCUT2D eigenvalue weighted by Crippen LogP contribution is -2.57. The van der Waals surface area contributed by atoms with E-state index in [0.717, 1.165) is 51.7 Å². The Labute approximate surface area is 111 Å². The van der Waals surface area contributed by atoms with Gasteiger partial charge in [-0.05, 0) is 5.92 Å². The molecule has 2 aliphatic rings. The molecule has 2 aliphatic heterocycles. The average Bonchev–Trinajstić information content (AvgIpc) is 2.87. The second-order valence-corrected chi connectivity index (χ2v) is 5.87. The van der Waals surface area contributed by atoms with Gasteiger partial charge in [0.1, 0.15) is 5.60 Å². The Morgan fingerprint density at radius 2 is 2.39 bits per heavy atom. The van der Waals surface area contributed by atoms with E-state index in [1.807, 2.05) is 7.11 Å². The Hall–Kier alpha value is -0.160. The summed E-state index contributed by atoms with van der Waals surface area (Å²) in [6.07, 6.45) is 2.27. The first-order valence-electron chi connectivity index (χ1n) is 7.28. The normalized spacial score (nSPS) is 35.8. The molecular formula is C14H28N2O2. The second-order valence-electron chi connectivity index (χ2n) is 5.87. The Kier molecular flexibility index (Phi) is 5.01. The number of methoxy groups -OCH3 is 1. The van der Waals surface area contributed by atoms with Gasteiger partial charge in [0, 0.05) is 52.4 Å². The molecule has 0 bridgehead atoms. The van der Waals surface area contributed by atoms with Gasteiger partial charge in [-0.25, -0.2) is 0 Å². The van der Waals surface area contributed by atoms with Crippen LogP contribution in [0.15, 0.2) is 0 Å². The van der Waals surface area contributed by atoms with E-state index < -0.39 is 0 Å². The van der Waals surface area contributed by atoms with Gasteiger partial charge in [0.2, 0.25) is 0 Å². The lowest BCUT2D eigenvalue weighted by atomic mass is 9.95. The number of hydrogen-bond acceptors (Lipinski definition) is 4. The zero-order valence-corrected chi connectivity index (χ0v) is 12.1. The highest BCUT2D eigenvalue weighted by Crippen LogP contribution is 2.24. The lowest BCUT2D eigenvalue weighted by Gasteiger charge is -2.40. The fourth-order valence-corrected chi connectivity index (χ4v) is 3.00. The van der Waals surface area contributed by atoms with Gasteiger partial charge in [-0.15, -0.1) is 0 Å². The third kappa shape index (κ3) is 3.23. The maximum atomic E-state index is 5.74. The first-order valence-corrected chi connectivity index (χ1v) is 7.28. The summed E-state index contributed by atoms with van der Waals surface area (Å²) >= 11 is 0. The average molecular weight is 256 g/mol. The van der Waals surface area contributed by atoms with Crippen LogP contribution in [0.1, 0.15) is 26.7 Å². The molecule has 106 valence electrons. The van der Waals surface area contributed by atoms with Crippen LogP contribution in [0, 0.1) is 5.92 Å². The summed E-state index contributed by atoms with van der Waals surface area (Å²) in [6.45, 7) is 10.6. The van der Waals surface area contributed by atoms with Crippen molar-refractivity contribution in [1.29, 1.82) is 0 Å². The van der Waals surface area contributed by atoms with E-state index in [1.54, 1.807) is 0 Å². The molecule has 0 radical (unpaired) electrons. The molecular weight excluding hydrogens is 228 g/mol. The number of rotatable bonds is 5. The van der Waals surface area contributed by atoms with E-state index >= 15 is 0 Å². The van der Waals surface area contributed by atoms with Crippen molar-refractivity contribution in [2.24, 2.45) is 5.92 Å². The summed E-state index contributed by atoms with van der Waals surface area (Å²) in [5.41, 5.74) is -0.0582. The van der Waals surface area contributed by atoms with Gasteiger partial charge in [0.05, 0.1) is 6.61 Å². The molecule has 0 spiro atoms. The van der Waals surface area contributed by atoms with Crippen LogP contribution in [0.4, 0.5) is 0 Å². The van der Waals surface area contributed by atoms with Crippen molar-refractivity contribution in [3.05, 3.63) is 0 Å². The van der Waals surface area contributed by atoms with Crippen LogP contribution < -0.4 is 5.32 Å². The summed E-state index contributed by atoms with van der Waals surface area (Å²) in [6, 6.07) is 0.625. The Morgan fingerprint density at radius 1 is 1.56 bits per heavy atom. The fraction of sp³-hybridized carbons (Fsp3) is 1.00. The predicted molar refractivity (Wildman–Crippen MR) is 72.9 cm³/mol. The molecule has 0 aromatic carbocycles. The van der Waals surface area contributed by atoms with Crippen molar-refractivity contribution < 1.29 is 9.47 Å². The molecule has 3 unspecified atom stereocenters. The first-order chi connectivity index (χ1) is 8.69. The molecule has 2 heterocycles. The van der Waals surface area contributed by atoms with E-state index in [2.05, 4.69) is 24.1 Å². The minimum Gasteiger partial charge on any atom is -0.378 e. The summed E-state index contributed by atoms with van der Waals surface area (Å²) in [7, 11) is 1.82. The summed E-state index contributed by atoms with van der Waals surface area (Å²) in [5, 5.41) is 3.64. The third-order valence-electron chi connectivity index (χ3n) is 4.63.